The van der Waals surface area contributed by atoms with E-state index < -0.39 is 56.1 Å². The molecule has 33 heteroatoms. The summed E-state index contributed by atoms with van der Waals surface area (Å²) >= 11 is 11.0. The van der Waals surface area contributed by atoms with Gasteiger partial charge in [-0.05, 0) is 147 Å². The van der Waals surface area contributed by atoms with Crippen LogP contribution in [0.25, 0.3) is 0 Å². The smallest absolute Gasteiger partial charge is 0.549 e. The van der Waals surface area contributed by atoms with Crippen LogP contribution in [0.1, 0.15) is 90.3 Å². The molecule has 4 aromatic rings. The van der Waals surface area contributed by atoms with Crippen LogP contribution in [-0.2, 0) is 88.6 Å². The molecule has 4 aromatic carbocycles. The van der Waals surface area contributed by atoms with Crippen LogP contribution in [0, 0.1) is 39.9 Å². The number of ether oxygens (including phenoxy) is 11. The van der Waals surface area contributed by atoms with Crippen molar-refractivity contribution in [2.24, 2.45) is 0 Å². The maximum Gasteiger partial charge on any atom is 3.00 e. The first-order valence-electron chi connectivity index (χ1n) is 42.2. The van der Waals surface area contributed by atoms with Gasteiger partial charge in [0.15, 0.2) is 15.9 Å². The maximum atomic E-state index is 12.0. The number of carboxylic acids is 4. The first-order chi connectivity index (χ1) is 58.6. The number of carbonyl (C=O) groups is 4. The minimum Gasteiger partial charge on any atom is -0.549 e. The quantitative estimate of drug-likeness (QED) is 0.0209. The summed E-state index contributed by atoms with van der Waals surface area (Å²) in [4.78, 5) is 61.3. The molecule has 1 fully saturated rings. The van der Waals surface area contributed by atoms with Gasteiger partial charge in [0.05, 0.1) is 168 Å². The Morgan fingerprint density at radius 3 is 1.50 bits per heavy atom. The van der Waals surface area contributed by atoms with Crippen molar-refractivity contribution in [3.63, 3.8) is 0 Å². The molecular formula is C89H125GdN10O20S2. The largest absolute Gasteiger partial charge is 3.00 e. The van der Waals surface area contributed by atoms with E-state index in [0.717, 1.165) is 68.0 Å². The van der Waals surface area contributed by atoms with Gasteiger partial charge in [0.2, 0.25) is 5.69 Å². The van der Waals surface area contributed by atoms with Crippen LogP contribution < -0.4 is 51.5 Å². The molecule has 3 aliphatic heterocycles. The van der Waals surface area contributed by atoms with Crippen molar-refractivity contribution in [2.45, 2.75) is 96.9 Å². The molecule has 1 atom stereocenters. The molecule has 0 aromatic heterocycles. The number of allylic oxidation sites excluding steroid dienone is 7. The Morgan fingerprint density at radius 1 is 0.508 bits per heavy atom. The zero-order valence-electron chi connectivity index (χ0n) is 71.6. The summed E-state index contributed by atoms with van der Waals surface area (Å²) in [5.74, 6) is -3.78. The number of nitrogens with one attached hydrogen (secondary N) is 4. The molecule has 8 rings (SSSR count). The number of rotatable bonds is 55. The molecule has 122 heavy (non-hydrogen) atoms. The minimum absolute atomic E-state index is 0. The summed E-state index contributed by atoms with van der Waals surface area (Å²) in [6.45, 7) is 23.5. The van der Waals surface area contributed by atoms with Crippen LogP contribution in [0.15, 0.2) is 144 Å². The second-order valence-electron chi connectivity index (χ2n) is 30.6. The number of carboxylic acid groups (broad SMARTS) is 4. The summed E-state index contributed by atoms with van der Waals surface area (Å²) in [6.07, 6.45) is 14.5. The number of nitrogens with zero attached hydrogens (tertiary/aromatic N) is 6. The summed E-state index contributed by atoms with van der Waals surface area (Å²) in [7, 11) is 0. The number of hydrogen-bond acceptors (Lipinski definition) is 27. The van der Waals surface area contributed by atoms with E-state index in [1.54, 1.807) is 21.9 Å². The fourth-order valence-corrected chi connectivity index (χ4v) is 15.2. The third-order valence-electron chi connectivity index (χ3n) is 20.8. The SMILES string of the molecule is CCCN1/C(=C/C=C2\CCCC(/C=C/C3=[N+](CCC)c4ccccc4C3(C)C)=C2Oc2ccc(NC(=S)NOCCOCCOCCOCCOCCOCCOCCOCCOCCOCCOCCNC(=S)Nc3ccc(CC4CN(CC(=O)[O-])CCN(CC(=O)[O-])CCN(CC(=O)[O-])CCN4CC(=O)[O-])cc3)cc2)C(C)(C)c2ccccc21.[Gd+3]. The van der Waals surface area contributed by atoms with E-state index >= 15 is 0 Å². The fourth-order valence-electron chi connectivity index (χ4n) is 14.8. The molecule has 1 saturated heterocycles. The van der Waals surface area contributed by atoms with Crippen molar-refractivity contribution in [1.29, 1.82) is 0 Å². The van der Waals surface area contributed by atoms with Crippen molar-refractivity contribution >= 4 is 87.0 Å². The van der Waals surface area contributed by atoms with Gasteiger partial charge in [0.25, 0.3) is 0 Å². The number of benzene rings is 4. The molecule has 1 unspecified atom stereocenters. The first kappa shape index (κ1) is 102. The minimum atomic E-state index is -1.37. The molecule has 4 N–H and O–H groups in total. The van der Waals surface area contributed by atoms with Crippen molar-refractivity contribution < 1.29 is 141 Å². The molecule has 0 saturated carbocycles. The monoisotopic (exact) mass is 1880 g/mol. The number of anilines is 3. The molecule has 1 radical (unpaired) electrons. The Balaban J connectivity index is 0.0000205. The van der Waals surface area contributed by atoms with Crippen LogP contribution in [-0.4, -0.2) is 300 Å². The molecule has 3 heterocycles. The first-order valence-corrected chi connectivity index (χ1v) is 43.0. The number of aliphatic carboxylic acids is 4. The van der Waals surface area contributed by atoms with Gasteiger partial charge in [-0.1, -0.05) is 82.3 Å². The van der Waals surface area contributed by atoms with Gasteiger partial charge in [0, 0.05) is 143 Å². The van der Waals surface area contributed by atoms with Crippen LogP contribution in [0.2, 0.25) is 0 Å². The van der Waals surface area contributed by atoms with Gasteiger partial charge in [0.1, 0.15) is 18.1 Å². The van der Waals surface area contributed by atoms with Gasteiger partial charge in [-0.2, -0.15) is 4.58 Å². The second kappa shape index (κ2) is 56.9. The summed E-state index contributed by atoms with van der Waals surface area (Å²) in [5.41, 5.74) is 15.0. The van der Waals surface area contributed by atoms with E-state index in [-0.39, 0.29) is 110 Å². The van der Waals surface area contributed by atoms with Crippen LogP contribution in [0.5, 0.6) is 5.75 Å². The zero-order valence-corrected chi connectivity index (χ0v) is 75.5. The number of para-hydroxylation sites is 2. The molecule has 0 amide bonds. The number of fused-ring (bicyclic) bond motifs is 2. The normalized spacial score (nSPS) is 17.3. The van der Waals surface area contributed by atoms with Gasteiger partial charge >= 0.3 is 39.9 Å². The predicted molar refractivity (Wildman–Crippen MR) is 462 cm³/mol. The topological polar surface area (TPSA) is 339 Å². The number of carbonyl (C=O) groups excluding carboxylic acids is 4. The standard InChI is InChI=1S/C89H128N10O20S2.Gd/c1-7-33-98-77-18-11-9-16-75(77)88(3,4)79(98)30-22-69-14-13-15-70(23-31-80-89(5,6)76-17-10-12-19-78(76)99(80)34-8-2)85(69)119-74-28-26-72(27-29-74)92-87(121)93-118-61-60-117-59-58-116-57-56-115-55-54-114-53-52-113-51-50-112-49-48-111-47-46-110-45-44-109-43-42-108-41-32-90-86(120)91-71-24-20-68(21-25-71)62-73-63-96(66-83(104)105)38-37-94(64-81(100)101)35-36-95(65-82(102)103)39-40-97(73)67-84(106)107;/h9-12,16-31,73H,7-8,13-15,32-67H2,1-6H3,(H7-,90,91,92,93,100,101,102,103,104,105,106,107,120,121);/q;+3/p-3. The van der Waals surface area contributed by atoms with E-state index in [2.05, 4.69) is 145 Å². The van der Waals surface area contributed by atoms with E-state index in [1.807, 2.05) is 36.4 Å². The fraction of sp³-hybridized carbons (Fsp3) is 0.562. The van der Waals surface area contributed by atoms with Gasteiger partial charge in [-0.25, -0.2) is 5.48 Å². The van der Waals surface area contributed by atoms with E-state index in [0.29, 0.717) is 155 Å². The second-order valence-corrected chi connectivity index (χ2v) is 31.4. The van der Waals surface area contributed by atoms with Gasteiger partial charge in [-0.3, -0.25) is 24.4 Å². The Morgan fingerprint density at radius 2 is 0.975 bits per heavy atom. The number of thiocarbonyl (C=S) groups is 2. The van der Waals surface area contributed by atoms with Gasteiger partial charge in [-0.15, -0.1) is 0 Å². The molecule has 1 aliphatic carbocycles. The van der Waals surface area contributed by atoms with E-state index in [9.17, 15) is 39.6 Å². The Labute approximate surface area is 762 Å². The number of hydroxylamine groups is 1. The molecular weight excluding hydrogens is 1750 g/mol. The molecule has 30 nitrogen and oxygen atoms in total. The Kier molecular flexibility index (Phi) is 47.7. The van der Waals surface area contributed by atoms with E-state index in [4.69, 9.17) is 81.4 Å². The van der Waals surface area contributed by atoms with Crippen molar-refractivity contribution in [2.75, 3.05) is 246 Å². The number of hydrogen-bond donors (Lipinski definition) is 4. The summed E-state index contributed by atoms with van der Waals surface area (Å²) in [5, 5.41) is 57.0. The predicted octanol–water partition coefficient (Wildman–Crippen LogP) is 4.07. The van der Waals surface area contributed by atoms with Crippen LogP contribution in [0.4, 0.5) is 22.7 Å². The third-order valence-corrected chi connectivity index (χ3v) is 21.2. The third kappa shape index (κ3) is 36.2. The van der Waals surface area contributed by atoms with Gasteiger partial charge < -0.3 is 113 Å². The van der Waals surface area contributed by atoms with E-state index in [1.165, 1.54) is 54.9 Å². The summed E-state index contributed by atoms with van der Waals surface area (Å²) in [6, 6.07) is 32.1. The molecule has 4 aliphatic rings. The van der Waals surface area contributed by atoms with Crippen LogP contribution in [0.3, 0.4) is 0 Å². The van der Waals surface area contributed by atoms with Crippen molar-refractivity contribution in [3.05, 3.63) is 161 Å². The molecule has 0 bridgehead atoms. The van der Waals surface area contributed by atoms with Crippen molar-refractivity contribution in [1.82, 2.24) is 30.4 Å². The average molecular weight is 1880 g/mol. The molecule has 671 valence electrons. The maximum absolute atomic E-state index is 12.0. The zero-order chi connectivity index (χ0) is 86.5. The van der Waals surface area contributed by atoms with Crippen molar-refractivity contribution in [3.8, 4) is 5.75 Å². The summed E-state index contributed by atoms with van der Waals surface area (Å²) < 4.78 is 65.6. The average Bonchev–Trinajstić information content (AvgIpc) is 1.60. The Hall–Kier alpha value is -6.91. The Bertz CT molecular complexity index is 4020. The van der Waals surface area contributed by atoms with Crippen LogP contribution >= 0.6 is 24.4 Å². The molecule has 0 spiro atoms.